The average molecular weight is 315 g/mol. The van der Waals surface area contributed by atoms with E-state index >= 15 is 0 Å². The van der Waals surface area contributed by atoms with Crippen molar-refractivity contribution in [2.75, 3.05) is 0 Å². The third-order valence-electron chi connectivity index (χ3n) is 4.83. The minimum atomic E-state index is -0.702. The molecular formula is C18H25N3O2. The van der Waals surface area contributed by atoms with Gasteiger partial charge < -0.3 is 14.6 Å². The van der Waals surface area contributed by atoms with E-state index in [9.17, 15) is 9.90 Å². The van der Waals surface area contributed by atoms with Crippen molar-refractivity contribution in [1.29, 1.82) is 0 Å². The molecule has 2 heterocycles. The fourth-order valence-electron chi connectivity index (χ4n) is 3.71. The zero-order valence-corrected chi connectivity index (χ0v) is 14.1. The van der Waals surface area contributed by atoms with Gasteiger partial charge in [-0.1, -0.05) is 12.1 Å². The summed E-state index contributed by atoms with van der Waals surface area (Å²) in [6, 6.07) is 8.26. The van der Waals surface area contributed by atoms with Crippen molar-refractivity contribution in [2.45, 2.75) is 64.8 Å². The van der Waals surface area contributed by atoms with Gasteiger partial charge in [-0.3, -0.25) is 4.79 Å². The molecule has 0 aliphatic carbocycles. The van der Waals surface area contributed by atoms with Crippen LogP contribution in [0.4, 0.5) is 0 Å². The van der Waals surface area contributed by atoms with Crippen molar-refractivity contribution in [3.05, 3.63) is 30.1 Å². The molecule has 5 heteroatoms. The van der Waals surface area contributed by atoms with Crippen molar-refractivity contribution in [3.8, 4) is 0 Å². The lowest BCUT2D eigenvalue weighted by Crippen LogP contribution is -2.48. The van der Waals surface area contributed by atoms with E-state index in [1.165, 1.54) is 6.42 Å². The lowest BCUT2D eigenvalue weighted by molar-refractivity contribution is -0.137. The fraction of sp³-hybridized carbons (Fsp3) is 0.556. The first-order valence-corrected chi connectivity index (χ1v) is 8.43. The number of carbonyl (C=O) groups is 1. The molecule has 2 aromatic rings. The number of benzene rings is 1. The van der Waals surface area contributed by atoms with E-state index in [0.29, 0.717) is 5.82 Å². The molecule has 1 saturated heterocycles. The highest BCUT2D eigenvalue weighted by Gasteiger charge is 2.29. The van der Waals surface area contributed by atoms with Crippen molar-refractivity contribution >= 4 is 16.9 Å². The summed E-state index contributed by atoms with van der Waals surface area (Å²) in [5.41, 5.74) is 1.71. The monoisotopic (exact) mass is 315 g/mol. The molecule has 1 aromatic carbocycles. The topological polar surface area (TPSA) is 58.4 Å². The van der Waals surface area contributed by atoms with Crippen molar-refractivity contribution in [3.63, 3.8) is 0 Å². The lowest BCUT2D eigenvalue weighted by atomic mass is 9.97. The van der Waals surface area contributed by atoms with Crippen molar-refractivity contribution in [2.24, 2.45) is 0 Å². The van der Waals surface area contributed by atoms with Crippen LogP contribution < -0.4 is 0 Å². The Kier molecular flexibility index (Phi) is 4.39. The zero-order chi connectivity index (χ0) is 16.6. The Hall–Kier alpha value is -1.88. The molecule has 5 nitrogen and oxygen atoms in total. The maximum Gasteiger partial charge on any atom is 0.243 e. The van der Waals surface area contributed by atoms with Gasteiger partial charge in [0.2, 0.25) is 5.91 Å². The molecule has 0 bridgehead atoms. The van der Waals surface area contributed by atoms with Gasteiger partial charge >= 0.3 is 0 Å². The molecule has 1 aromatic heterocycles. The predicted molar refractivity (Wildman–Crippen MR) is 90.0 cm³/mol. The summed E-state index contributed by atoms with van der Waals surface area (Å²) in [6.45, 7) is 6.16. The third kappa shape index (κ3) is 2.98. The second kappa shape index (κ2) is 6.32. The Bertz CT molecular complexity index is 697. The number of rotatable bonds is 3. The van der Waals surface area contributed by atoms with E-state index < -0.39 is 6.10 Å². The molecule has 1 aliphatic heterocycles. The Balaban J connectivity index is 1.94. The van der Waals surface area contributed by atoms with Crippen LogP contribution in [-0.4, -0.2) is 37.5 Å². The molecule has 23 heavy (non-hydrogen) atoms. The molecule has 1 fully saturated rings. The number of nitrogens with zero attached hydrogens (tertiary/aromatic N) is 3. The van der Waals surface area contributed by atoms with Gasteiger partial charge in [0, 0.05) is 12.1 Å². The standard InChI is InChI=1S/C18H25N3O2/c1-12-7-6-8-13(2)21(12)17(23)11-20-16-10-5-4-9-15(16)19-18(20)14(3)22/h4-5,9-10,12-14,22H,6-8,11H2,1-3H3. The molecule has 3 rings (SSSR count). The van der Waals surface area contributed by atoms with Crippen LogP contribution in [0.5, 0.6) is 0 Å². The fourth-order valence-corrected chi connectivity index (χ4v) is 3.71. The van der Waals surface area contributed by atoms with Gasteiger partial charge in [0.15, 0.2) is 0 Å². The van der Waals surface area contributed by atoms with E-state index in [4.69, 9.17) is 0 Å². The number of para-hydroxylation sites is 2. The number of hydrogen-bond donors (Lipinski definition) is 1. The second-order valence-corrected chi connectivity index (χ2v) is 6.65. The molecule has 3 atom stereocenters. The van der Waals surface area contributed by atoms with E-state index in [1.807, 2.05) is 33.7 Å². The number of piperidine rings is 1. The maximum atomic E-state index is 12.9. The summed E-state index contributed by atoms with van der Waals surface area (Å²) >= 11 is 0. The van der Waals surface area contributed by atoms with Gasteiger partial charge in [-0.2, -0.15) is 0 Å². The quantitative estimate of drug-likeness (QED) is 0.947. The highest BCUT2D eigenvalue weighted by atomic mass is 16.3. The Morgan fingerprint density at radius 1 is 1.30 bits per heavy atom. The number of imidazole rings is 1. The summed E-state index contributed by atoms with van der Waals surface area (Å²) in [4.78, 5) is 19.4. The number of aliphatic hydroxyl groups is 1. The molecule has 1 amide bonds. The van der Waals surface area contributed by atoms with Crippen LogP contribution in [0.1, 0.15) is 52.0 Å². The molecule has 0 saturated carbocycles. The molecule has 1 N–H and O–H groups in total. The second-order valence-electron chi connectivity index (χ2n) is 6.65. The number of likely N-dealkylation sites (tertiary alicyclic amines) is 1. The molecule has 1 aliphatic rings. The third-order valence-corrected chi connectivity index (χ3v) is 4.83. The summed E-state index contributed by atoms with van der Waals surface area (Å²) < 4.78 is 1.86. The van der Waals surface area contributed by atoms with Crippen LogP contribution in [0.25, 0.3) is 11.0 Å². The normalized spacial score (nSPS) is 23.2. The van der Waals surface area contributed by atoms with Gasteiger partial charge in [0.25, 0.3) is 0 Å². The average Bonchev–Trinajstić information content (AvgIpc) is 2.86. The molecule has 124 valence electrons. The molecule has 0 spiro atoms. The smallest absolute Gasteiger partial charge is 0.243 e. The largest absolute Gasteiger partial charge is 0.385 e. The number of aromatic nitrogens is 2. The van der Waals surface area contributed by atoms with E-state index in [0.717, 1.165) is 23.9 Å². The Morgan fingerprint density at radius 2 is 1.96 bits per heavy atom. The van der Waals surface area contributed by atoms with E-state index in [-0.39, 0.29) is 24.5 Å². The molecule has 0 radical (unpaired) electrons. The zero-order valence-electron chi connectivity index (χ0n) is 14.1. The van der Waals surface area contributed by atoms with Crippen molar-refractivity contribution in [1.82, 2.24) is 14.5 Å². The molecule has 3 unspecified atom stereocenters. The maximum absolute atomic E-state index is 12.9. The highest BCUT2D eigenvalue weighted by Crippen LogP contribution is 2.25. The van der Waals surface area contributed by atoms with Crippen LogP contribution in [-0.2, 0) is 11.3 Å². The number of fused-ring (bicyclic) bond motifs is 1. The van der Waals surface area contributed by atoms with Crippen molar-refractivity contribution < 1.29 is 9.90 Å². The first kappa shape index (κ1) is 16.0. The lowest BCUT2D eigenvalue weighted by Gasteiger charge is -2.39. The Morgan fingerprint density at radius 3 is 2.61 bits per heavy atom. The van der Waals surface area contributed by atoms with Crippen LogP contribution in [0.3, 0.4) is 0 Å². The number of amides is 1. The van der Waals surface area contributed by atoms with E-state index in [1.54, 1.807) is 6.92 Å². The first-order valence-electron chi connectivity index (χ1n) is 8.43. The minimum absolute atomic E-state index is 0.106. The van der Waals surface area contributed by atoms with Gasteiger partial charge in [0.05, 0.1) is 11.0 Å². The van der Waals surface area contributed by atoms with Gasteiger partial charge in [-0.15, -0.1) is 0 Å². The Labute approximate surface area is 136 Å². The number of hydrogen-bond acceptors (Lipinski definition) is 3. The van der Waals surface area contributed by atoms with Crippen LogP contribution >= 0.6 is 0 Å². The SMILES string of the molecule is CC(O)c1nc2ccccc2n1CC(=O)N1C(C)CCCC1C. The van der Waals surface area contributed by atoms with Crippen LogP contribution in [0.2, 0.25) is 0 Å². The minimum Gasteiger partial charge on any atom is -0.385 e. The highest BCUT2D eigenvalue weighted by molar-refractivity contribution is 5.81. The predicted octanol–water partition coefficient (Wildman–Crippen LogP) is 2.88. The van der Waals surface area contributed by atoms with Gasteiger partial charge in [-0.05, 0) is 52.2 Å². The number of aliphatic hydroxyl groups excluding tert-OH is 1. The van der Waals surface area contributed by atoms with Gasteiger partial charge in [0.1, 0.15) is 18.5 Å². The van der Waals surface area contributed by atoms with Crippen LogP contribution in [0.15, 0.2) is 24.3 Å². The van der Waals surface area contributed by atoms with E-state index in [2.05, 4.69) is 18.8 Å². The van der Waals surface area contributed by atoms with Gasteiger partial charge in [-0.25, -0.2) is 4.98 Å². The summed E-state index contributed by atoms with van der Waals surface area (Å²) in [5.74, 6) is 0.659. The summed E-state index contributed by atoms with van der Waals surface area (Å²) in [6.07, 6.45) is 2.60. The van der Waals surface area contributed by atoms with Crippen LogP contribution in [0, 0.1) is 0 Å². The summed E-state index contributed by atoms with van der Waals surface area (Å²) in [5, 5.41) is 10.0. The summed E-state index contributed by atoms with van der Waals surface area (Å²) in [7, 11) is 0. The number of carbonyl (C=O) groups excluding carboxylic acids is 1. The molecular weight excluding hydrogens is 290 g/mol. The first-order chi connectivity index (χ1) is 11.0.